The first kappa shape index (κ1) is 15.7. The molecule has 1 aromatic carbocycles. The average molecular weight is 376 g/mol. The fraction of sp³-hybridized carbons (Fsp3) is 0.385. The molecule has 19 heavy (non-hydrogen) atoms. The Balaban J connectivity index is 2.65. The van der Waals surface area contributed by atoms with Gasteiger partial charge < -0.3 is 15.4 Å². The van der Waals surface area contributed by atoms with Crippen LogP contribution in [0, 0.1) is 9.49 Å². The monoisotopic (exact) mass is 376 g/mol. The molecule has 0 aromatic heterocycles. The maximum Gasteiger partial charge on any atom is 0.328 e. The van der Waals surface area contributed by atoms with Crippen LogP contribution in [0.4, 0.5) is 10.5 Å². The number of urea groups is 1. The first-order valence-electron chi connectivity index (χ1n) is 5.85. The van der Waals surface area contributed by atoms with Crippen LogP contribution in [0.5, 0.6) is 0 Å². The molecule has 104 valence electrons. The first-order chi connectivity index (χ1) is 8.93. The largest absolute Gasteiger partial charge is 0.467 e. The van der Waals surface area contributed by atoms with E-state index in [9.17, 15) is 9.59 Å². The van der Waals surface area contributed by atoms with E-state index in [1.807, 2.05) is 32.0 Å². The Morgan fingerprint density at radius 1 is 1.32 bits per heavy atom. The molecule has 1 rings (SSSR count). The van der Waals surface area contributed by atoms with Crippen LogP contribution in [0.15, 0.2) is 24.3 Å². The second kappa shape index (κ2) is 7.32. The van der Waals surface area contributed by atoms with Gasteiger partial charge >= 0.3 is 12.0 Å². The Kier molecular flexibility index (Phi) is 6.07. The van der Waals surface area contributed by atoms with E-state index >= 15 is 0 Å². The SMILES string of the molecule is COC(=O)C(NC(=O)Nc1cccc(I)c1)C(C)C. The zero-order valence-electron chi connectivity index (χ0n) is 11.1. The number of halogens is 1. The molecule has 2 N–H and O–H groups in total. The molecule has 0 bridgehead atoms. The molecule has 0 fully saturated rings. The number of esters is 1. The summed E-state index contributed by atoms with van der Waals surface area (Å²) in [7, 11) is 1.30. The Labute approximate surface area is 126 Å². The lowest BCUT2D eigenvalue weighted by molar-refractivity contribution is -0.143. The zero-order chi connectivity index (χ0) is 14.4. The van der Waals surface area contributed by atoms with Gasteiger partial charge in [-0.2, -0.15) is 0 Å². The normalized spacial score (nSPS) is 11.8. The summed E-state index contributed by atoms with van der Waals surface area (Å²) < 4.78 is 5.68. The van der Waals surface area contributed by atoms with Crippen molar-refractivity contribution in [2.75, 3.05) is 12.4 Å². The maximum atomic E-state index is 11.8. The fourth-order valence-electron chi connectivity index (χ4n) is 1.50. The lowest BCUT2D eigenvalue weighted by Gasteiger charge is -2.20. The summed E-state index contributed by atoms with van der Waals surface area (Å²) in [5.41, 5.74) is 0.678. The summed E-state index contributed by atoms with van der Waals surface area (Å²) in [6.45, 7) is 3.68. The topological polar surface area (TPSA) is 67.4 Å². The number of hydrogen-bond acceptors (Lipinski definition) is 3. The number of methoxy groups -OCH3 is 1. The molecule has 1 atom stereocenters. The quantitative estimate of drug-likeness (QED) is 0.627. The smallest absolute Gasteiger partial charge is 0.328 e. The van der Waals surface area contributed by atoms with Crippen LogP contribution in [0.3, 0.4) is 0 Å². The number of nitrogens with one attached hydrogen (secondary N) is 2. The molecule has 0 saturated heterocycles. The lowest BCUT2D eigenvalue weighted by Crippen LogP contribution is -2.46. The molecule has 0 aliphatic carbocycles. The van der Waals surface area contributed by atoms with Gasteiger partial charge in [0.2, 0.25) is 0 Å². The molecule has 6 heteroatoms. The minimum Gasteiger partial charge on any atom is -0.467 e. The van der Waals surface area contributed by atoms with Crippen molar-refractivity contribution in [1.29, 1.82) is 0 Å². The highest BCUT2D eigenvalue weighted by Gasteiger charge is 2.24. The van der Waals surface area contributed by atoms with Crippen molar-refractivity contribution in [3.05, 3.63) is 27.8 Å². The van der Waals surface area contributed by atoms with Crippen molar-refractivity contribution in [2.24, 2.45) is 5.92 Å². The van der Waals surface area contributed by atoms with Gasteiger partial charge in [0.1, 0.15) is 6.04 Å². The molecule has 0 aliphatic heterocycles. The van der Waals surface area contributed by atoms with Crippen LogP contribution in [0.2, 0.25) is 0 Å². The van der Waals surface area contributed by atoms with E-state index in [4.69, 9.17) is 0 Å². The van der Waals surface area contributed by atoms with Gasteiger partial charge in [-0.1, -0.05) is 19.9 Å². The summed E-state index contributed by atoms with van der Waals surface area (Å²) >= 11 is 2.16. The average Bonchev–Trinajstić information content (AvgIpc) is 2.34. The van der Waals surface area contributed by atoms with Gasteiger partial charge in [-0.25, -0.2) is 9.59 Å². The summed E-state index contributed by atoms with van der Waals surface area (Å²) in [6.07, 6.45) is 0. The molecule has 0 saturated carbocycles. The number of hydrogen-bond donors (Lipinski definition) is 2. The van der Waals surface area contributed by atoms with E-state index in [1.165, 1.54) is 7.11 Å². The standard InChI is InChI=1S/C13H17IN2O3/c1-8(2)11(12(17)19-3)16-13(18)15-10-6-4-5-9(14)7-10/h4-8,11H,1-3H3,(H2,15,16,18). The van der Waals surface area contributed by atoms with Gasteiger partial charge in [-0.15, -0.1) is 0 Å². The number of amides is 2. The number of carbonyl (C=O) groups excluding carboxylic acids is 2. The third-order valence-corrected chi connectivity index (χ3v) is 3.16. The van der Waals surface area contributed by atoms with Crippen molar-refractivity contribution in [1.82, 2.24) is 5.32 Å². The molecular formula is C13H17IN2O3. The summed E-state index contributed by atoms with van der Waals surface area (Å²) in [5, 5.41) is 5.29. The summed E-state index contributed by atoms with van der Waals surface area (Å²) in [6, 6.07) is 6.30. The number of ether oxygens (including phenoxy) is 1. The van der Waals surface area contributed by atoms with E-state index in [-0.39, 0.29) is 5.92 Å². The molecule has 2 amide bonds. The van der Waals surface area contributed by atoms with Crippen LogP contribution in [-0.4, -0.2) is 25.2 Å². The van der Waals surface area contributed by atoms with E-state index in [0.29, 0.717) is 5.69 Å². The predicted octanol–water partition coefficient (Wildman–Crippen LogP) is 2.61. The second-order valence-electron chi connectivity index (χ2n) is 4.35. The van der Waals surface area contributed by atoms with E-state index in [1.54, 1.807) is 6.07 Å². The lowest BCUT2D eigenvalue weighted by atomic mass is 10.1. The molecule has 0 spiro atoms. The van der Waals surface area contributed by atoms with Gasteiger partial charge in [-0.05, 0) is 46.7 Å². The summed E-state index contributed by atoms with van der Waals surface area (Å²) in [4.78, 5) is 23.4. The minimum atomic E-state index is -0.659. The van der Waals surface area contributed by atoms with Crippen LogP contribution in [-0.2, 0) is 9.53 Å². The maximum absolute atomic E-state index is 11.8. The Bertz CT molecular complexity index is 463. The Morgan fingerprint density at radius 2 is 2.00 bits per heavy atom. The Hall–Kier alpha value is -1.31. The van der Waals surface area contributed by atoms with Gasteiger partial charge in [0, 0.05) is 9.26 Å². The van der Waals surface area contributed by atoms with E-state index in [2.05, 4.69) is 38.0 Å². The number of rotatable bonds is 4. The van der Waals surface area contributed by atoms with Crippen LogP contribution in [0.1, 0.15) is 13.8 Å². The number of carbonyl (C=O) groups is 2. The molecule has 0 heterocycles. The first-order valence-corrected chi connectivity index (χ1v) is 6.93. The second-order valence-corrected chi connectivity index (χ2v) is 5.60. The molecular weight excluding hydrogens is 359 g/mol. The zero-order valence-corrected chi connectivity index (χ0v) is 13.2. The van der Waals surface area contributed by atoms with Crippen LogP contribution >= 0.6 is 22.6 Å². The van der Waals surface area contributed by atoms with Gasteiger partial charge in [0.25, 0.3) is 0 Å². The third-order valence-electron chi connectivity index (χ3n) is 2.49. The van der Waals surface area contributed by atoms with Crippen LogP contribution < -0.4 is 10.6 Å². The van der Waals surface area contributed by atoms with Crippen molar-refractivity contribution in [3.8, 4) is 0 Å². The van der Waals surface area contributed by atoms with Crippen LogP contribution in [0.25, 0.3) is 0 Å². The summed E-state index contributed by atoms with van der Waals surface area (Å²) in [5.74, 6) is -0.498. The number of benzene rings is 1. The predicted molar refractivity (Wildman–Crippen MR) is 82.0 cm³/mol. The minimum absolute atomic E-state index is 0.0471. The highest BCUT2D eigenvalue weighted by atomic mass is 127. The molecule has 5 nitrogen and oxygen atoms in total. The molecule has 1 aromatic rings. The van der Waals surface area contributed by atoms with Gasteiger partial charge in [-0.3, -0.25) is 0 Å². The number of anilines is 1. The van der Waals surface area contributed by atoms with E-state index < -0.39 is 18.0 Å². The van der Waals surface area contributed by atoms with Crippen molar-refractivity contribution in [3.63, 3.8) is 0 Å². The fourth-order valence-corrected chi connectivity index (χ4v) is 2.04. The van der Waals surface area contributed by atoms with Gasteiger partial charge in [0.05, 0.1) is 7.11 Å². The van der Waals surface area contributed by atoms with Gasteiger partial charge in [0.15, 0.2) is 0 Å². The van der Waals surface area contributed by atoms with Crippen molar-refractivity contribution in [2.45, 2.75) is 19.9 Å². The molecule has 0 radical (unpaired) electrons. The van der Waals surface area contributed by atoms with Crippen molar-refractivity contribution < 1.29 is 14.3 Å². The molecule has 0 aliphatic rings. The molecule has 1 unspecified atom stereocenters. The van der Waals surface area contributed by atoms with E-state index in [0.717, 1.165) is 3.57 Å². The van der Waals surface area contributed by atoms with Crippen molar-refractivity contribution >= 4 is 40.3 Å². The highest BCUT2D eigenvalue weighted by molar-refractivity contribution is 14.1. The third kappa shape index (κ3) is 5.06. The Morgan fingerprint density at radius 3 is 2.53 bits per heavy atom. The highest BCUT2D eigenvalue weighted by Crippen LogP contribution is 2.12.